The van der Waals surface area contributed by atoms with Crippen LogP contribution in [-0.4, -0.2) is 25.9 Å². The summed E-state index contributed by atoms with van der Waals surface area (Å²) < 4.78 is 3.36. The topological polar surface area (TPSA) is 64.7 Å². The lowest BCUT2D eigenvalue weighted by molar-refractivity contribution is 0.746. The van der Waals surface area contributed by atoms with E-state index >= 15 is 0 Å². The fourth-order valence-corrected chi connectivity index (χ4v) is 2.57. The predicted molar refractivity (Wildman–Crippen MR) is 76.4 cm³/mol. The monoisotopic (exact) mass is 267 g/mol. The number of nitrogens with zero attached hydrogens (tertiary/aromatic N) is 4. The molecule has 2 aromatic heterocycles. The average molecular weight is 267 g/mol. The lowest BCUT2D eigenvalue weighted by Crippen LogP contribution is -2.21. The molecule has 6 nitrogen and oxygen atoms in total. The molecule has 1 aromatic carbocycles. The molecule has 0 atom stereocenters. The Balaban J connectivity index is 2.01. The van der Waals surface area contributed by atoms with Gasteiger partial charge in [0.25, 0.3) is 0 Å². The van der Waals surface area contributed by atoms with Gasteiger partial charge in [0.15, 0.2) is 5.65 Å². The highest BCUT2D eigenvalue weighted by molar-refractivity contribution is 5.88. The fraction of sp³-hybridized carbons (Fsp3) is 0.214. The van der Waals surface area contributed by atoms with E-state index in [2.05, 4.69) is 15.4 Å². The molecule has 4 rings (SSSR count). The molecule has 1 aliphatic rings. The summed E-state index contributed by atoms with van der Waals surface area (Å²) in [6.07, 6.45) is 1.76. The van der Waals surface area contributed by atoms with Gasteiger partial charge in [-0.1, -0.05) is 17.7 Å². The average Bonchev–Trinajstić information content (AvgIpc) is 3.06. The maximum Gasteiger partial charge on any atom is 0.351 e. The first-order valence-electron chi connectivity index (χ1n) is 6.53. The molecule has 3 aromatic rings. The van der Waals surface area contributed by atoms with Gasteiger partial charge in [0.1, 0.15) is 5.82 Å². The fourth-order valence-electron chi connectivity index (χ4n) is 2.57. The molecule has 0 bridgehead atoms. The molecule has 0 saturated heterocycles. The Kier molecular flexibility index (Phi) is 2.20. The number of hydrogen-bond acceptors (Lipinski definition) is 4. The van der Waals surface area contributed by atoms with E-state index in [1.807, 2.05) is 31.2 Å². The van der Waals surface area contributed by atoms with Gasteiger partial charge in [0.05, 0.1) is 17.3 Å². The van der Waals surface area contributed by atoms with Crippen LogP contribution in [0.25, 0.3) is 16.7 Å². The predicted octanol–water partition coefficient (Wildman–Crippen LogP) is 1.32. The van der Waals surface area contributed by atoms with Gasteiger partial charge in [-0.05, 0) is 19.1 Å². The first-order valence-corrected chi connectivity index (χ1v) is 6.53. The van der Waals surface area contributed by atoms with E-state index in [4.69, 9.17) is 0 Å². The van der Waals surface area contributed by atoms with Crippen LogP contribution in [0.4, 0.5) is 5.82 Å². The lowest BCUT2D eigenvalue weighted by Gasteiger charge is -2.05. The van der Waals surface area contributed by atoms with Gasteiger partial charge >= 0.3 is 5.69 Å². The zero-order valence-corrected chi connectivity index (χ0v) is 11.0. The van der Waals surface area contributed by atoms with Crippen LogP contribution in [0.2, 0.25) is 0 Å². The van der Waals surface area contributed by atoms with Crippen molar-refractivity contribution in [3.05, 3.63) is 46.5 Å². The zero-order chi connectivity index (χ0) is 13.7. The van der Waals surface area contributed by atoms with Crippen LogP contribution in [0.3, 0.4) is 0 Å². The van der Waals surface area contributed by atoms with Crippen LogP contribution in [0, 0.1) is 6.92 Å². The molecule has 0 amide bonds. The third-order valence-corrected chi connectivity index (χ3v) is 3.61. The molecule has 0 unspecified atom stereocenters. The minimum Gasteiger partial charge on any atom is -0.369 e. The minimum atomic E-state index is -0.230. The Morgan fingerprint density at radius 1 is 1.25 bits per heavy atom. The van der Waals surface area contributed by atoms with Gasteiger partial charge < -0.3 is 5.32 Å². The van der Waals surface area contributed by atoms with Gasteiger partial charge in [0, 0.05) is 13.1 Å². The van der Waals surface area contributed by atoms with Crippen LogP contribution >= 0.6 is 0 Å². The molecule has 0 spiro atoms. The van der Waals surface area contributed by atoms with Gasteiger partial charge in [-0.15, -0.1) is 0 Å². The number of nitrogens with one attached hydrogen (secondary N) is 1. The van der Waals surface area contributed by atoms with E-state index in [1.165, 1.54) is 5.56 Å². The first kappa shape index (κ1) is 11.2. The highest BCUT2D eigenvalue weighted by atomic mass is 16.1. The molecule has 6 heteroatoms. The van der Waals surface area contributed by atoms with E-state index in [0.29, 0.717) is 12.2 Å². The summed E-state index contributed by atoms with van der Waals surface area (Å²) in [5.41, 5.74) is 2.45. The molecule has 1 N–H and O–H groups in total. The number of fused-ring (bicyclic) bond motifs is 3. The summed E-state index contributed by atoms with van der Waals surface area (Å²) in [4.78, 5) is 16.2. The Hall–Kier alpha value is -2.63. The third-order valence-electron chi connectivity index (χ3n) is 3.61. The van der Waals surface area contributed by atoms with Crippen molar-refractivity contribution in [3.63, 3.8) is 0 Å². The standard InChI is InChI=1S/C14H13N5O/c1-9-2-4-10(5-3-9)19-13-11(8-16-19)12-15-6-7-18(12)14(20)17-13/h2-5,8,15H,6-7H2,1H3. The molecular formula is C14H13N5O. The van der Waals surface area contributed by atoms with Crippen molar-refractivity contribution in [2.24, 2.45) is 0 Å². The van der Waals surface area contributed by atoms with Crippen molar-refractivity contribution in [3.8, 4) is 5.69 Å². The quantitative estimate of drug-likeness (QED) is 0.722. The number of benzene rings is 1. The van der Waals surface area contributed by atoms with Crippen molar-refractivity contribution in [2.75, 3.05) is 11.9 Å². The first-order chi connectivity index (χ1) is 9.74. The maximum atomic E-state index is 12.0. The van der Waals surface area contributed by atoms with Crippen LogP contribution < -0.4 is 11.0 Å². The number of aryl methyl sites for hydroxylation is 1. The van der Waals surface area contributed by atoms with Crippen LogP contribution in [-0.2, 0) is 6.54 Å². The number of rotatable bonds is 1. The van der Waals surface area contributed by atoms with Gasteiger partial charge in [0.2, 0.25) is 0 Å². The summed E-state index contributed by atoms with van der Waals surface area (Å²) in [6, 6.07) is 7.98. The number of aromatic nitrogens is 4. The van der Waals surface area contributed by atoms with Crippen molar-refractivity contribution in [1.29, 1.82) is 0 Å². The molecule has 0 saturated carbocycles. The molecule has 1 aliphatic heterocycles. The molecular weight excluding hydrogens is 254 g/mol. The largest absolute Gasteiger partial charge is 0.369 e. The third kappa shape index (κ3) is 1.48. The summed E-state index contributed by atoms with van der Waals surface area (Å²) in [6.45, 7) is 3.45. The summed E-state index contributed by atoms with van der Waals surface area (Å²) in [5, 5.41) is 8.48. The summed E-state index contributed by atoms with van der Waals surface area (Å²) in [7, 11) is 0. The van der Waals surface area contributed by atoms with Crippen LogP contribution in [0.5, 0.6) is 0 Å². The number of hydrogen-bond donors (Lipinski definition) is 1. The van der Waals surface area contributed by atoms with Crippen molar-refractivity contribution < 1.29 is 0 Å². The number of anilines is 1. The van der Waals surface area contributed by atoms with Crippen LogP contribution in [0.15, 0.2) is 35.3 Å². The second-order valence-corrected chi connectivity index (χ2v) is 4.95. The minimum absolute atomic E-state index is 0.230. The highest BCUT2D eigenvalue weighted by Crippen LogP contribution is 2.24. The van der Waals surface area contributed by atoms with E-state index in [1.54, 1.807) is 15.4 Å². The van der Waals surface area contributed by atoms with E-state index in [-0.39, 0.29) is 5.69 Å². The van der Waals surface area contributed by atoms with Gasteiger partial charge in [-0.2, -0.15) is 10.1 Å². The molecule has 3 heterocycles. The van der Waals surface area contributed by atoms with Gasteiger partial charge in [-0.25, -0.2) is 9.48 Å². The van der Waals surface area contributed by atoms with Crippen molar-refractivity contribution in [2.45, 2.75) is 13.5 Å². The summed E-state index contributed by atoms with van der Waals surface area (Å²) in [5.74, 6) is 0.818. The molecule has 0 aliphatic carbocycles. The van der Waals surface area contributed by atoms with Crippen molar-refractivity contribution >= 4 is 16.9 Å². The Bertz CT molecular complexity index is 860. The Labute approximate surface area is 114 Å². The van der Waals surface area contributed by atoms with E-state index in [0.717, 1.165) is 23.4 Å². The maximum absolute atomic E-state index is 12.0. The van der Waals surface area contributed by atoms with E-state index < -0.39 is 0 Å². The zero-order valence-electron chi connectivity index (χ0n) is 11.0. The lowest BCUT2D eigenvalue weighted by atomic mass is 10.2. The second kappa shape index (κ2) is 3.93. The van der Waals surface area contributed by atoms with Gasteiger partial charge in [-0.3, -0.25) is 4.57 Å². The molecule has 20 heavy (non-hydrogen) atoms. The van der Waals surface area contributed by atoms with E-state index in [9.17, 15) is 4.79 Å². The summed E-state index contributed by atoms with van der Waals surface area (Å²) >= 11 is 0. The highest BCUT2D eigenvalue weighted by Gasteiger charge is 2.19. The SMILES string of the molecule is Cc1ccc(-n2ncc3c4n(c(=O)nc32)CCN4)cc1. The molecule has 0 fully saturated rings. The molecule has 100 valence electrons. The normalized spacial score (nSPS) is 13.4. The van der Waals surface area contributed by atoms with Crippen LogP contribution in [0.1, 0.15) is 5.56 Å². The smallest absolute Gasteiger partial charge is 0.351 e. The Morgan fingerprint density at radius 2 is 2.05 bits per heavy atom. The second-order valence-electron chi connectivity index (χ2n) is 4.95. The van der Waals surface area contributed by atoms with Crippen molar-refractivity contribution in [1.82, 2.24) is 19.3 Å². The Morgan fingerprint density at radius 3 is 2.85 bits per heavy atom. The molecule has 0 radical (unpaired) electrons.